The summed E-state index contributed by atoms with van der Waals surface area (Å²) in [5.74, 6) is 1.76. The highest BCUT2D eigenvalue weighted by atomic mass is 16.5. The van der Waals surface area contributed by atoms with E-state index in [-0.39, 0.29) is 5.91 Å². The molecular weight excluding hydrogens is 522 g/mol. The molecular formula is C30H25N7O4. The molecule has 0 atom stereocenters. The van der Waals surface area contributed by atoms with Crippen molar-refractivity contribution in [2.24, 2.45) is 0 Å². The van der Waals surface area contributed by atoms with Gasteiger partial charge in [0.05, 0.1) is 33.0 Å². The molecule has 2 aromatic heterocycles. The summed E-state index contributed by atoms with van der Waals surface area (Å²) >= 11 is 0. The molecule has 0 aliphatic heterocycles. The summed E-state index contributed by atoms with van der Waals surface area (Å²) in [6.45, 7) is 0.328. The van der Waals surface area contributed by atoms with Crippen molar-refractivity contribution in [2.45, 2.75) is 6.54 Å². The van der Waals surface area contributed by atoms with E-state index in [2.05, 4.69) is 21.8 Å². The molecule has 0 fully saturated rings. The summed E-state index contributed by atoms with van der Waals surface area (Å²) in [6.07, 6.45) is 1.59. The number of benzene rings is 3. The normalized spacial score (nSPS) is 10.5. The summed E-state index contributed by atoms with van der Waals surface area (Å²) in [5.41, 5.74) is 4.73. The van der Waals surface area contributed by atoms with Crippen molar-refractivity contribution >= 4 is 23.1 Å². The van der Waals surface area contributed by atoms with E-state index in [0.29, 0.717) is 63.2 Å². The predicted octanol–water partition coefficient (Wildman–Crippen LogP) is 4.77. The Balaban J connectivity index is 1.41. The third kappa shape index (κ3) is 5.20. The number of imidazole rings is 1. The molecule has 11 heteroatoms. The second-order valence-electron chi connectivity index (χ2n) is 8.87. The maximum atomic E-state index is 12.5. The van der Waals surface area contributed by atoms with Crippen LogP contribution in [0.3, 0.4) is 0 Å². The van der Waals surface area contributed by atoms with Gasteiger partial charge in [-0.1, -0.05) is 12.1 Å². The molecule has 1 amide bonds. The number of H-pyrrole nitrogens is 1. The number of hydrogen-bond acceptors (Lipinski definition) is 8. The van der Waals surface area contributed by atoms with Crippen LogP contribution in [0.1, 0.15) is 27.0 Å². The number of carbonyl (C=O) groups is 1. The molecule has 11 nitrogen and oxygen atoms in total. The highest BCUT2D eigenvalue weighted by Gasteiger charge is 2.22. The molecule has 0 aliphatic rings. The number of methoxy groups -OCH3 is 3. The number of ether oxygens (including phenoxy) is 3. The van der Waals surface area contributed by atoms with E-state index in [1.165, 1.54) is 7.11 Å². The van der Waals surface area contributed by atoms with Crippen molar-refractivity contribution in [3.05, 3.63) is 89.1 Å². The van der Waals surface area contributed by atoms with Crippen LogP contribution in [0.25, 0.3) is 16.9 Å². The third-order valence-electron chi connectivity index (χ3n) is 6.46. The first-order valence-corrected chi connectivity index (χ1v) is 12.4. The van der Waals surface area contributed by atoms with Gasteiger partial charge in [0.15, 0.2) is 23.0 Å². The van der Waals surface area contributed by atoms with Crippen molar-refractivity contribution in [1.29, 1.82) is 10.5 Å². The van der Waals surface area contributed by atoms with Crippen molar-refractivity contribution in [3.63, 3.8) is 0 Å². The second-order valence-corrected chi connectivity index (χ2v) is 8.87. The molecule has 2 heterocycles. The Labute approximate surface area is 235 Å². The van der Waals surface area contributed by atoms with Crippen molar-refractivity contribution < 1.29 is 19.0 Å². The SMILES string of the molecule is COc1cc(-c2nc3c(C#N)c[nH]n3c2Nc2ccc(CNC(=O)c3ccc(C#N)cc3)cc2)cc(OC)c1OC. The molecule has 0 bridgehead atoms. The molecule has 41 heavy (non-hydrogen) atoms. The van der Waals surface area contributed by atoms with Gasteiger partial charge in [0.2, 0.25) is 5.75 Å². The number of anilines is 2. The van der Waals surface area contributed by atoms with Gasteiger partial charge >= 0.3 is 0 Å². The lowest BCUT2D eigenvalue weighted by atomic mass is 10.1. The maximum absolute atomic E-state index is 12.5. The Hall–Kier alpha value is -5.94. The summed E-state index contributed by atoms with van der Waals surface area (Å²) in [7, 11) is 4.62. The van der Waals surface area contributed by atoms with E-state index in [1.807, 2.05) is 30.3 Å². The fraction of sp³-hybridized carbons (Fsp3) is 0.133. The second kappa shape index (κ2) is 11.4. The first kappa shape index (κ1) is 26.7. The van der Waals surface area contributed by atoms with Gasteiger partial charge in [-0.25, -0.2) is 9.50 Å². The van der Waals surface area contributed by atoms with Crippen LogP contribution in [0.15, 0.2) is 66.9 Å². The van der Waals surface area contributed by atoms with Gasteiger partial charge in [-0.15, -0.1) is 0 Å². The molecule has 0 radical (unpaired) electrons. The van der Waals surface area contributed by atoms with Gasteiger partial charge in [-0.05, 0) is 54.1 Å². The monoisotopic (exact) mass is 547 g/mol. The van der Waals surface area contributed by atoms with Crippen LogP contribution in [-0.4, -0.2) is 41.8 Å². The van der Waals surface area contributed by atoms with Gasteiger partial charge in [0, 0.05) is 29.6 Å². The number of aromatic amines is 1. The number of fused-ring (bicyclic) bond motifs is 1. The number of amides is 1. The number of nitrogens with zero attached hydrogens (tertiary/aromatic N) is 4. The first-order chi connectivity index (χ1) is 20.0. The van der Waals surface area contributed by atoms with Gasteiger partial charge in [-0.3, -0.25) is 9.89 Å². The fourth-order valence-electron chi connectivity index (χ4n) is 4.36. The summed E-state index contributed by atoms with van der Waals surface area (Å²) < 4.78 is 18.2. The van der Waals surface area contributed by atoms with E-state index in [1.54, 1.807) is 61.3 Å². The van der Waals surface area contributed by atoms with E-state index >= 15 is 0 Å². The van der Waals surface area contributed by atoms with Crippen LogP contribution < -0.4 is 24.8 Å². The molecule has 0 spiro atoms. The minimum Gasteiger partial charge on any atom is -0.493 e. The lowest BCUT2D eigenvalue weighted by molar-refractivity contribution is 0.0951. The van der Waals surface area contributed by atoms with Crippen molar-refractivity contribution in [1.82, 2.24) is 19.9 Å². The van der Waals surface area contributed by atoms with Crippen LogP contribution in [0.2, 0.25) is 0 Å². The average Bonchev–Trinajstić information content (AvgIpc) is 3.59. The van der Waals surface area contributed by atoms with E-state index in [4.69, 9.17) is 24.5 Å². The third-order valence-corrected chi connectivity index (χ3v) is 6.46. The van der Waals surface area contributed by atoms with Gasteiger partial charge in [0.25, 0.3) is 5.91 Å². The van der Waals surface area contributed by atoms with Gasteiger partial charge < -0.3 is 24.8 Å². The Morgan fingerprint density at radius 2 is 1.63 bits per heavy atom. The molecule has 204 valence electrons. The van der Waals surface area contributed by atoms with Crippen molar-refractivity contribution in [3.8, 4) is 40.6 Å². The van der Waals surface area contributed by atoms with Crippen LogP contribution >= 0.6 is 0 Å². The number of nitriles is 2. The average molecular weight is 548 g/mol. The molecule has 0 aliphatic carbocycles. The Morgan fingerprint density at radius 1 is 0.951 bits per heavy atom. The molecule has 3 aromatic carbocycles. The number of rotatable bonds is 9. The molecule has 5 aromatic rings. The minimum absolute atomic E-state index is 0.228. The van der Waals surface area contributed by atoms with Crippen LogP contribution in [0.5, 0.6) is 17.2 Å². The van der Waals surface area contributed by atoms with E-state index < -0.39 is 0 Å². The van der Waals surface area contributed by atoms with Crippen LogP contribution in [0.4, 0.5) is 11.5 Å². The van der Waals surface area contributed by atoms with Gasteiger partial charge in [-0.2, -0.15) is 10.5 Å². The van der Waals surface area contributed by atoms with Crippen molar-refractivity contribution in [2.75, 3.05) is 26.6 Å². The quantitative estimate of drug-likeness (QED) is 0.239. The molecule has 0 saturated heterocycles. The zero-order valence-corrected chi connectivity index (χ0v) is 22.5. The summed E-state index contributed by atoms with van der Waals surface area (Å²) in [6, 6.07) is 21.8. The Morgan fingerprint density at radius 3 is 2.22 bits per heavy atom. The largest absolute Gasteiger partial charge is 0.493 e. The number of hydrogen-bond donors (Lipinski definition) is 3. The standard InChI is InChI=1S/C30H25N7O4/c1-39-24-12-21(13-25(40-2)27(24)41-3)26-29(37-28(36-26)22(15-32)17-34-37)35-23-10-6-19(7-11-23)16-33-30(38)20-8-4-18(14-31)5-9-20/h4-13,17,34-35H,16H2,1-3H3,(H,33,38). The first-order valence-electron chi connectivity index (χ1n) is 12.4. The molecule has 5 rings (SSSR count). The molecule has 0 unspecified atom stereocenters. The van der Waals surface area contributed by atoms with Gasteiger partial charge in [0.1, 0.15) is 17.3 Å². The highest BCUT2D eigenvalue weighted by molar-refractivity contribution is 5.94. The number of nitrogens with one attached hydrogen (secondary N) is 3. The number of carbonyl (C=O) groups excluding carboxylic acids is 1. The zero-order chi connectivity index (χ0) is 28.9. The lowest BCUT2D eigenvalue weighted by Crippen LogP contribution is -2.22. The fourth-order valence-corrected chi connectivity index (χ4v) is 4.36. The highest BCUT2D eigenvalue weighted by Crippen LogP contribution is 2.43. The summed E-state index contributed by atoms with van der Waals surface area (Å²) in [5, 5.41) is 27.9. The zero-order valence-electron chi connectivity index (χ0n) is 22.5. The Bertz CT molecular complexity index is 1780. The predicted molar refractivity (Wildman–Crippen MR) is 151 cm³/mol. The topological polar surface area (TPSA) is 149 Å². The van der Waals surface area contributed by atoms with Crippen LogP contribution in [0, 0.1) is 22.7 Å². The smallest absolute Gasteiger partial charge is 0.251 e. The van der Waals surface area contributed by atoms with Crippen LogP contribution in [-0.2, 0) is 6.54 Å². The molecule has 3 N–H and O–H groups in total. The summed E-state index contributed by atoms with van der Waals surface area (Å²) in [4.78, 5) is 17.2. The molecule has 0 saturated carbocycles. The van der Waals surface area contributed by atoms with E-state index in [9.17, 15) is 10.1 Å². The minimum atomic E-state index is -0.228. The Kier molecular flexibility index (Phi) is 7.43. The lowest BCUT2D eigenvalue weighted by Gasteiger charge is -2.14. The number of aromatic nitrogens is 3. The maximum Gasteiger partial charge on any atom is 0.251 e. The van der Waals surface area contributed by atoms with E-state index in [0.717, 1.165) is 11.3 Å².